The first-order valence-electron chi connectivity index (χ1n) is 14.5. The molecule has 6 aromatic rings. The van der Waals surface area contributed by atoms with Crippen molar-refractivity contribution in [1.82, 2.24) is 24.4 Å². The van der Waals surface area contributed by atoms with Crippen LogP contribution in [0, 0.1) is 18.3 Å². The molecule has 4 aromatic carbocycles. The van der Waals surface area contributed by atoms with E-state index < -0.39 is 0 Å². The van der Waals surface area contributed by atoms with Crippen molar-refractivity contribution in [2.24, 2.45) is 0 Å². The molecule has 0 N–H and O–H groups in total. The minimum Gasteiger partial charge on any atom is -0.485 e. The third-order valence-corrected chi connectivity index (χ3v) is 7.13. The van der Waals surface area contributed by atoms with Crippen LogP contribution in [0.5, 0.6) is 29.1 Å². The van der Waals surface area contributed by atoms with Gasteiger partial charge in [-0.15, -0.1) is 0 Å². The molecule has 0 saturated carbocycles. The molecular weight excluding hydrogens is 580 g/mol. The zero-order valence-electron chi connectivity index (χ0n) is 25.5. The molecule has 46 heavy (non-hydrogen) atoms. The predicted molar refractivity (Wildman–Crippen MR) is 172 cm³/mol. The van der Waals surface area contributed by atoms with Gasteiger partial charge in [0, 0.05) is 25.7 Å². The summed E-state index contributed by atoms with van der Waals surface area (Å²) >= 11 is 0. The van der Waals surface area contributed by atoms with E-state index in [0.717, 1.165) is 11.1 Å². The molecule has 2 aromatic heterocycles. The van der Waals surface area contributed by atoms with Gasteiger partial charge in [-0.3, -0.25) is 4.79 Å². The molecule has 10 heteroatoms. The van der Waals surface area contributed by atoms with Gasteiger partial charge in [-0.1, -0.05) is 66.7 Å². The Bertz CT molecular complexity index is 2050. The molecule has 0 fully saturated rings. The molecule has 228 valence electrons. The standard InChI is InChI=1S/C36H30N6O4/c1-24-38-32-33(42(24)22-25-11-6-4-7-12-25)39-36(40-34(32)45-29-16-10-15-28(20-29)35(43)41(2)3)46-31-19-27(21-37)17-18-30(31)44-23-26-13-8-5-9-14-26/h4-20H,22-23H2,1-3H3. The van der Waals surface area contributed by atoms with E-state index in [2.05, 4.69) is 11.1 Å². The second-order valence-electron chi connectivity index (χ2n) is 10.7. The second kappa shape index (κ2) is 13.2. The summed E-state index contributed by atoms with van der Waals surface area (Å²) in [5.74, 6) is 1.76. The average Bonchev–Trinajstić information content (AvgIpc) is 3.39. The highest BCUT2D eigenvalue weighted by Crippen LogP contribution is 2.35. The number of carbonyl (C=O) groups excluding carboxylic acids is 1. The zero-order chi connectivity index (χ0) is 32.0. The summed E-state index contributed by atoms with van der Waals surface area (Å²) in [7, 11) is 3.38. The van der Waals surface area contributed by atoms with E-state index in [1.807, 2.05) is 72.2 Å². The smallest absolute Gasteiger partial charge is 0.327 e. The highest BCUT2D eigenvalue weighted by Gasteiger charge is 2.21. The maximum atomic E-state index is 12.6. The SMILES string of the molecule is Cc1nc2c(Oc3cccc(C(=O)N(C)C)c3)nc(Oc3cc(C#N)ccc3OCc3ccccc3)nc2n1Cc1ccccc1. The summed E-state index contributed by atoms with van der Waals surface area (Å²) in [6.45, 7) is 2.68. The molecular formula is C36H30N6O4. The fourth-order valence-electron chi connectivity index (χ4n) is 4.81. The Morgan fingerprint density at radius 1 is 0.826 bits per heavy atom. The predicted octanol–water partition coefficient (Wildman–Crippen LogP) is 6.92. The Balaban J connectivity index is 1.42. The van der Waals surface area contributed by atoms with E-state index in [-0.39, 0.29) is 23.5 Å². The number of hydrogen-bond acceptors (Lipinski definition) is 8. The van der Waals surface area contributed by atoms with Crippen molar-refractivity contribution >= 4 is 17.1 Å². The first-order valence-corrected chi connectivity index (χ1v) is 14.5. The summed E-state index contributed by atoms with van der Waals surface area (Å²) in [5.41, 5.74) is 3.79. The molecule has 10 nitrogen and oxygen atoms in total. The normalized spacial score (nSPS) is 10.7. The van der Waals surface area contributed by atoms with Crippen molar-refractivity contribution in [2.75, 3.05) is 14.1 Å². The zero-order valence-corrected chi connectivity index (χ0v) is 25.5. The Morgan fingerprint density at radius 3 is 2.28 bits per heavy atom. The first-order chi connectivity index (χ1) is 22.4. The summed E-state index contributed by atoms with van der Waals surface area (Å²) in [6, 6.07) is 33.6. The van der Waals surface area contributed by atoms with Crippen LogP contribution >= 0.6 is 0 Å². The molecule has 0 radical (unpaired) electrons. The minimum absolute atomic E-state index is 0.0307. The number of aromatic nitrogens is 4. The van der Waals surface area contributed by atoms with Crippen LogP contribution in [-0.4, -0.2) is 44.4 Å². The van der Waals surface area contributed by atoms with Crippen molar-refractivity contribution in [3.8, 4) is 35.2 Å². The van der Waals surface area contributed by atoms with E-state index in [4.69, 9.17) is 24.2 Å². The number of hydrogen-bond donors (Lipinski definition) is 0. The van der Waals surface area contributed by atoms with E-state index in [9.17, 15) is 10.1 Å². The van der Waals surface area contributed by atoms with Crippen molar-refractivity contribution in [1.29, 1.82) is 5.26 Å². The van der Waals surface area contributed by atoms with Gasteiger partial charge in [0.2, 0.25) is 0 Å². The molecule has 0 aliphatic heterocycles. The number of nitrogens with zero attached hydrogens (tertiary/aromatic N) is 6. The van der Waals surface area contributed by atoms with Crippen LogP contribution in [-0.2, 0) is 13.2 Å². The number of rotatable bonds is 10. The van der Waals surface area contributed by atoms with Gasteiger partial charge in [0.15, 0.2) is 22.7 Å². The van der Waals surface area contributed by atoms with E-state index >= 15 is 0 Å². The van der Waals surface area contributed by atoms with Crippen molar-refractivity contribution in [3.63, 3.8) is 0 Å². The van der Waals surface area contributed by atoms with Crippen LogP contribution in [0.2, 0.25) is 0 Å². The summed E-state index contributed by atoms with van der Waals surface area (Å²) < 4.78 is 20.6. The van der Waals surface area contributed by atoms with Gasteiger partial charge >= 0.3 is 6.01 Å². The third kappa shape index (κ3) is 6.64. The molecule has 0 aliphatic carbocycles. The molecule has 6 rings (SSSR count). The van der Waals surface area contributed by atoms with Gasteiger partial charge in [-0.25, -0.2) is 4.98 Å². The van der Waals surface area contributed by atoms with Crippen LogP contribution in [0.4, 0.5) is 0 Å². The lowest BCUT2D eigenvalue weighted by Crippen LogP contribution is -2.21. The minimum atomic E-state index is -0.161. The molecule has 0 bridgehead atoms. The van der Waals surface area contributed by atoms with Crippen LogP contribution in [0.15, 0.2) is 103 Å². The molecule has 0 aliphatic rings. The largest absolute Gasteiger partial charge is 0.485 e. The second-order valence-corrected chi connectivity index (χ2v) is 10.7. The topological polar surface area (TPSA) is 115 Å². The van der Waals surface area contributed by atoms with Crippen LogP contribution < -0.4 is 14.2 Å². The summed E-state index contributed by atoms with van der Waals surface area (Å²) in [6.07, 6.45) is 0. The number of amides is 1. The number of ether oxygens (including phenoxy) is 3. The molecule has 1 amide bonds. The summed E-state index contributed by atoms with van der Waals surface area (Å²) in [5, 5.41) is 9.62. The quantitative estimate of drug-likeness (QED) is 0.164. The van der Waals surface area contributed by atoms with Crippen LogP contribution in [0.1, 0.15) is 32.9 Å². The van der Waals surface area contributed by atoms with E-state index in [1.54, 1.807) is 56.6 Å². The first kappa shape index (κ1) is 29.8. The molecule has 0 spiro atoms. The fraction of sp³-hybridized carbons (Fsp3) is 0.139. The highest BCUT2D eigenvalue weighted by atomic mass is 16.5. The molecule has 0 atom stereocenters. The number of aryl methyl sites for hydroxylation is 1. The van der Waals surface area contributed by atoms with Gasteiger partial charge in [0.25, 0.3) is 11.8 Å². The third-order valence-electron chi connectivity index (χ3n) is 7.13. The highest BCUT2D eigenvalue weighted by molar-refractivity contribution is 5.94. The van der Waals surface area contributed by atoms with Gasteiger partial charge < -0.3 is 23.7 Å². The van der Waals surface area contributed by atoms with Crippen LogP contribution in [0.25, 0.3) is 11.2 Å². The van der Waals surface area contributed by atoms with Gasteiger partial charge in [-0.2, -0.15) is 15.2 Å². The van der Waals surface area contributed by atoms with Gasteiger partial charge in [-0.05, 0) is 48.4 Å². The number of carbonyl (C=O) groups is 1. The maximum absolute atomic E-state index is 12.6. The Labute approximate surface area is 266 Å². The van der Waals surface area contributed by atoms with Gasteiger partial charge in [0.05, 0.1) is 18.2 Å². The molecule has 2 heterocycles. The number of benzene rings is 4. The Morgan fingerprint density at radius 2 is 1.57 bits per heavy atom. The lowest BCUT2D eigenvalue weighted by molar-refractivity contribution is 0.0827. The maximum Gasteiger partial charge on any atom is 0.327 e. The molecule has 0 unspecified atom stereocenters. The Kier molecular flexibility index (Phi) is 8.56. The van der Waals surface area contributed by atoms with Crippen molar-refractivity contribution < 1.29 is 19.0 Å². The van der Waals surface area contributed by atoms with E-state index in [0.29, 0.717) is 52.8 Å². The number of nitriles is 1. The summed E-state index contributed by atoms with van der Waals surface area (Å²) in [4.78, 5) is 28.3. The Hall–Kier alpha value is -6.21. The van der Waals surface area contributed by atoms with Crippen molar-refractivity contribution in [3.05, 3.63) is 131 Å². The fourth-order valence-corrected chi connectivity index (χ4v) is 4.81. The molecule has 0 saturated heterocycles. The van der Waals surface area contributed by atoms with E-state index in [1.165, 1.54) is 4.90 Å². The lowest BCUT2D eigenvalue weighted by Gasteiger charge is -2.14. The number of imidazole rings is 1. The van der Waals surface area contributed by atoms with Crippen LogP contribution in [0.3, 0.4) is 0 Å². The van der Waals surface area contributed by atoms with Gasteiger partial charge in [0.1, 0.15) is 18.2 Å². The monoisotopic (exact) mass is 610 g/mol. The average molecular weight is 611 g/mol. The number of fused-ring (bicyclic) bond motifs is 1. The lowest BCUT2D eigenvalue weighted by atomic mass is 10.2. The van der Waals surface area contributed by atoms with Crippen molar-refractivity contribution in [2.45, 2.75) is 20.1 Å².